The first kappa shape index (κ1) is 16.8. The molecule has 19 heavy (non-hydrogen) atoms. The fourth-order valence-electron chi connectivity index (χ4n) is 2.12. The number of hydrogen-bond acceptors (Lipinski definition) is 4. The first-order valence-electron chi connectivity index (χ1n) is 6.71. The van der Waals surface area contributed by atoms with Gasteiger partial charge in [0, 0.05) is 12.6 Å². The smallest absolute Gasteiger partial charge is 0.167 e. The molecule has 6 heteroatoms. The van der Waals surface area contributed by atoms with Gasteiger partial charge >= 0.3 is 0 Å². The van der Waals surface area contributed by atoms with E-state index in [1.54, 1.807) is 6.66 Å². The number of hydrogen-bond donors (Lipinski definition) is 0. The highest BCUT2D eigenvalue weighted by Crippen LogP contribution is 2.41. The van der Waals surface area contributed by atoms with E-state index in [-0.39, 0.29) is 18.1 Å². The second kappa shape index (κ2) is 8.11. The second-order valence-electron chi connectivity index (χ2n) is 4.84. The van der Waals surface area contributed by atoms with E-state index in [1.807, 2.05) is 26.8 Å². The van der Waals surface area contributed by atoms with Gasteiger partial charge in [-0.3, -0.25) is 0 Å². The summed E-state index contributed by atoms with van der Waals surface area (Å²) in [5.74, 6) is -0.185. The predicted molar refractivity (Wildman–Crippen MR) is 72.6 cm³/mol. The summed E-state index contributed by atoms with van der Waals surface area (Å²) in [6, 6.07) is 2.00. The lowest BCUT2D eigenvalue weighted by Crippen LogP contribution is -2.51. The quantitative estimate of drug-likeness (QED) is 0.556. The van der Waals surface area contributed by atoms with Crippen LogP contribution in [0.3, 0.4) is 0 Å². The lowest BCUT2D eigenvalue weighted by Gasteiger charge is -2.41. The van der Waals surface area contributed by atoms with Crippen molar-refractivity contribution in [2.75, 3.05) is 13.3 Å². The zero-order valence-electron chi connectivity index (χ0n) is 12.0. The Morgan fingerprint density at radius 3 is 2.68 bits per heavy atom. The first-order chi connectivity index (χ1) is 9.01. The topological polar surface area (TPSA) is 51.5 Å². The summed E-state index contributed by atoms with van der Waals surface area (Å²) in [6.07, 6.45) is -0.912. The number of halogens is 1. The van der Waals surface area contributed by atoms with Crippen molar-refractivity contribution in [1.29, 1.82) is 5.26 Å². The van der Waals surface area contributed by atoms with E-state index in [9.17, 15) is 4.39 Å². The number of nitriles is 1. The largest absolute Gasteiger partial charge is 0.372 e. The van der Waals surface area contributed by atoms with Crippen LogP contribution in [0, 0.1) is 17.2 Å². The highest BCUT2D eigenvalue weighted by atomic mass is 31.2. The Morgan fingerprint density at radius 1 is 1.42 bits per heavy atom. The zero-order valence-corrected chi connectivity index (χ0v) is 12.9. The van der Waals surface area contributed by atoms with Crippen molar-refractivity contribution in [3.8, 4) is 6.07 Å². The molecule has 0 amide bonds. The molecule has 0 radical (unpaired) electrons. The van der Waals surface area contributed by atoms with Crippen LogP contribution in [0.5, 0.6) is 0 Å². The van der Waals surface area contributed by atoms with Gasteiger partial charge in [0.1, 0.15) is 12.3 Å². The van der Waals surface area contributed by atoms with Crippen molar-refractivity contribution < 1.29 is 18.2 Å². The highest BCUT2D eigenvalue weighted by Gasteiger charge is 2.43. The molecule has 1 rings (SSSR count). The number of rotatable bonds is 6. The Balaban J connectivity index is 2.55. The standard InChI is InChI=1S/C13H23FNO3P/c1-5-11-13(12(14)9(2)10(3)17-11)18-19(4)16-8-6-7-15/h9-13H,5-6,8H2,1-4H3/t9-,10+,11-,12+,13-,19?/m1/s1. The van der Waals surface area contributed by atoms with E-state index >= 15 is 0 Å². The molecule has 1 fully saturated rings. The van der Waals surface area contributed by atoms with E-state index in [0.717, 1.165) is 0 Å². The molecule has 0 aromatic heterocycles. The Kier molecular flexibility index (Phi) is 7.17. The Labute approximate surface area is 116 Å². The summed E-state index contributed by atoms with van der Waals surface area (Å²) in [5, 5.41) is 8.44. The average molecular weight is 291 g/mol. The van der Waals surface area contributed by atoms with Crippen LogP contribution in [0.25, 0.3) is 0 Å². The normalized spacial score (nSPS) is 36.7. The van der Waals surface area contributed by atoms with Gasteiger partial charge in [0.2, 0.25) is 0 Å². The minimum atomic E-state index is -1.18. The van der Waals surface area contributed by atoms with E-state index in [2.05, 4.69) is 0 Å². The predicted octanol–water partition coefficient (Wildman–Crippen LogP) is 3.42. The van der Waals surface area contributed by atoms with Crippen LogP contribution in [-0.4, -0.2) is 37.8 Å². The molecule has 0 aromatic carbocycles. The molecule has 0 aliphatic carbocycles. The van der Waals surface area contributed by atoms with Gasteiger partial charge in [-0.15, -0.1) is 0 Å². The van der Waals surface area contributed by atoms with Gasteiger partial charge in [-0.1, -0.05) is 13.8 Å². The minimum Gasteiger partial charge on any atom is -0.372 e. The summed E-state index contributed by atoms with van der Waals surface area (Å²) < 4.78 is 31.3. The molecule has 1 aliphatic heterocycles. The van der Waals surface area contributed by atoms with Crippen molar-refractivity contribution in [3.63, 3.8) is 0 Å². The molecule has 1 saturated heterocycles. The van der Waals surface area contributed by atoms with Crippen LogP contribution in [-0.2, 0) is 13.8 Å². The molecule has 1 heterocycles. The van der Waals surface area contributed by atoms with Gasteiger partial charge in [0.25, 0.3) is 0 Å². The summed E-state index contributed by atoms with van der Waals surface area (Å²) in [5.41, 5.74) is 0. The number of alkyl halides is 1. The molecular formula is C13H23FNO3P. The van der Waals surface area contributed by atoms with Crippen LogP contribution in [0.4, 0.5) is 4.39 Å². The summed E-state index contributed by atoms with van der Waals surface area (Å²) >= 11 is 0. The Hall–Kier alpha value is -0.270. The molecule has 0 saturated carbocycles. The lowest BCUT2D eigenvalue weighted by atomic mass is 9.89. The summed E-state index contributed by atoms with van der Waals surface area (Å²) in [6.45, 7) is 7.81. The minimum absolute atomic E-state index is 0.0950. The third-order valence-corrected chi connectivity index (χ3v) is 4.56. The van der Waals surface area contributed by atoms with Gasteiger partial charge in [-0.2, -0.15) is 5.26 Å². The van der Waals surface area contributed by atoms with E-state index in [1.165, 1.54) is 0 Å². The molecule has 1 unspecified atom stereocenters. The maximum atomic E-state index is 14.4. The molecule has 0 N–H and O–H groups in total. The molecule has 4 nitrogen and oxygen atoms in total. The maximum Gasteiger partial charge on any atom is 0.167 e. The Bertz CT molecular complexity index is 311. The number of ether oxygens (including phenoxy) is 1. The third-order valence-electron chi connectivity index (χ3n) is 3.47. The monoisotopic (exact) mass is 291 g/mol. The first-order valence-corrected chi connectivity index (χ1v) is 8.33. The van der Waals surface area contributed by atoms with Crippen molar-refractivity contribution in [3.05, 3.63) is 0 Å². The summed E-state index contributed by atoms with van der Waals surface area (Å²) in [4.78, 5) is 0. The molecular weight excluding hydrogens is 268 g/mol. The Morgan fingerprint density at radius 2 is 2.11 bits per heavy atom. The summed E-state index contributed by atoms with van der Waals surface area (Å²) in [7, 11) is -1.18. The fraction of sp³-hybridized carbons (Fsp3) is 0.923. The lowest BCUT2D eigenvalue weighted by molar-refractivity contribution is -0.162. The van der Waals surface area contributed by atoms with Crippen LogP contribution in [0.1, 0.15) is 33.6 Å². The van der Waals surface area contributed by atoms with E-state index in [4.69, 9.17) is 19.0 Å². The highest BCUT2D eigenvalue weighted by molar-refractivity contribution is 7.46. The maximum absolute atomic E-state index is 14.4. The van der Waals surface area contributed by atoms with Crippen LogP contribution in [0.2, 0.25) is 0 Å². The van der Waals surface area contributed by atoms with Crippen molar-refractivity contribution in [2.24, 2.45) is 5.92 Å². The number of nitrogens with zero attached hydrogens (tertiary/aromatic N) is 1. The van der Waals surface area contributed by atoms with Crippen molar-refractivity contribution >= 4 is 8.38 Å². The van der Waals surface area contributed by atoms with Gasteiger partial charge < -0.3 is 13.8 Å². The van der Waals surface area contributed by atoms with Crippen LogP contribution in [0.15, 0.2) is 0 Å². The third kappa shape index (κ3) is 4.65. The van der Waals surface area contributed by atoms with E-state index < -0.39 is 20.7 Å². The SMILES string of the molecule is CC[C@H]1O[C@@H](C)[C@@H](C)[C@H](F)[C@@H]1OP(C)OCCC#N. The zero-order chi connectivity index (χ0) is 14.4. The van der Waals surface area contributed by atoms with E-state index in [0.29, 0.717) is 19.4 Å². The molecule has 110 valence electrons. The molecule has 6 atom stereocenters. The van der Waals surface area contributed by atoms with Crippen LogP contribution < -0.4 is 0 Å². The van der Waals surface area contributed by atoms with Gasteiger partial charge in [0.15, 0.2) is 8.38 Å². The fourth-order valence-corrected chi connectivity index (χ4v) is 3.12. The molecule has 0 aromatic rings. The molecule has 1 aliphatic rings. The average Bonchev–Trinajstić information content (AvgIpc) is 2.39. The van der Waals surface area contributed by atoms with Gasteiger partial charge in [-0.05, 0) is 13.3 Å². The van der Waals surface area contributed by atoms with Gasteiger partial charge in [-0.25, -0.2) is 4.39 Å². The van der Waals surface area contributed by atoms with Crippen molar-refractivity contribution in [2.45, 2.75) is 58.1 Å². The second-order valence-corrected chi connectivity index (χ2v) is 6.19. The van der Waals surface area contributed by atoms with Gasteiger partial charge in [0.05, 0.1) is 31.3 Å². The van der Waals surface area contributed by atoms with Crippen LogP contribution >= 0.6 is 8.38 Å². The molecule has 0 spiro atoms. The van der Waals surface area contributed by atoms with Crippen molar-refractivity contribution in [1.82, 2.24) is 0 Å². The molecule has 0 bridgehead atoms.